The number of carbonyl (C=O) groups excluding carboxylic acids is 1. The molecule has 1 aromatic rings. The molecule has 1 aromatic heterocycles. The van der Waals surface area contributed by atoms with Crippen LogP contribution < -0.4 is 0 Å². The summed E-state index contributed by atoms with van der Waals surface area (Å²) in [4.78, 5) is 15.1. The summed E-state index contributed by atoms with van der Waals surface area (Å²) in [7, 11) is 0. The van der Waals surface area contributed by atoms with Crippen LogP contribution in [0.1, 0.15) is 36.4 Å². The highest BCUT2D eigenvalue weighted by Crippen LogP contribution is 2.41. The summed E-state index contributed by atoms with van der Waals surface area (Å²) < 4.78 is 0. The highest BCUT2D eigenvalue weighted by Gasteiger charge is 2.26. The lowest BCUT2D eigenvalue weighted by Gasteiger charge is -1.84. The van der Waals surface area contributed by atoms with Crippen LogP contribution in [0.25, 0.3) is 6.08 Å². The van der Waals surface area contributed by atoms with Crippen molar-refractivity contribution < 1.29 is 4.79 Å². The lowest BCUT2D eigenvalue weighted by Crippen LogP contribution is -1.81. The minimum Gasteiger partial charge on any atom is -0.295 e. The molecule has 2 rings (SSSR count). The molecule has 0 bridgehead atoms. The van der Waals surface area contributed by atoms with Crippen molar-refractivity contribution in [1.29, 1.82) is 0 Å². The molecule has 0 N–H and O–H groups in total. The standard InChI is InChI=1S/C10H11NOS/c1-7(12)2-5-9-6-13-10(11-9)8-3-4-8/h2,5-6,8H,3-4H2,1H3/b5-2+. The molecule has 2 nitrogen and oxygen atoms in total. The fourth-order valence-corrected chi connectivity index (χ4v) is 2.06. The van der Waals surface area contributed by atoms with Crippen LogP contribution in [0.2, 0.25) is 0 Å². The maximum Gasteiger partial charge on any atom is 0.152 e. The second-order valence-electron chi connectivity index (χ2n) is 3.33. The molecule has 0 saturated heterocycles. The molecule has 0 aliphatic heterocycles. The van der Waals surface area contributed by atoms with Gasteiger partial charge in [0.15, 0.2) is 5.78 Å². The molecule has 13 heavy (non-hydrogen) atoms. The minimum atomic E-state index is 0.0703. The molecule has 0 amide bonds. The van der Waals surface area contributed by atoms with E-state index >= 15 is 0 Å². The lowest BCUT2D eigenvalue weighted by molar-refractivity contribution is -0.112. The first-order valence-electron chi connectivity index (χ1n) is 4.40. The van der Waals surface area contributed by atoms with E-state index in [0.717, 1.165) is 5.69 Å². The van der Waals surface area contributed by atoms with Gasteiger partial charge in [-0.05, 0) is 31.9 Å². The van der Waals surface area contributed by atoms with Gasteiger partial charge in [0.2, 0.25) is 0 Å². The average molecular weight is 193 g/mol. The summed E-state index contributed by atoms with van der Waals surface area (Å²) >= 11 is 1.70. The van der Waals surface area contributed by atoms with E-state index in [1.165, 1.54) is 17.8 Å². The molecule has 1 fully saturated rings. The molecule has 0 atom stereocenters. The molecule has 1 aliphatic carbocycles. The van der Waals surface area contributed by atoms with Gasteiger partial charge >= 0.3 is 0 Å². The van der Waals surface area contributed by atoms with Crippen LogP contribution in [0.15, 0.2) is 11.5 Å². The van der Waals surface area contributed by atoms with Crippen molar-refractivity contribution in [3.8, 4) is 0 Å². The topological polar surface area (TPSA) is 30.0 Å². The monoisotopic (exact) mass is 193 g/mol. The third kappa shape index (κ3) is 2.25. The van der Waals surface area contributed by atoms with Crippen LogP contribution in [0.4, 0.5) is 0 Å². The highest BCUT2D eigenvalue weighted by molar-refractivity contribution is 7.09. The Hall–Kier alpha value is -0.960. The van der Waals surface area contributed by atoms with Crippen molar-refractivity contribution >= 4 is 23.2 Å². The maximum absolute atomic E-state index is 10.7. The van der Waals surface area contributed by atoms with Crippen molar-refractivity contribution in [1.82, 2.24) is 4.98 Å². The second kappa shape index (κ2) is 3.42. The molecule has 3 heteroatoms. The lowest BCUT2D eigenvalue weighted by atomic mass is 10.3. The van der Waals surface area contributed by atoms with Crippen molar-refractivity contribution in [2.75, 3.05) is 0 Å². The van der Waals surface area contributed by atoms with Crippen LogP contribution in [-0.4, -0.2) is 10.8 Å². The van der Waals surface area contributed by atoms with E-state index in [4.69, 9.17) is 0 Å². The quantitative estimate of drug-likeness (QED) is 0.691. The molecular weight excluding hydrogens is 182 g/mol. The molecule has 0 aromatic carbocycles. The van der Waals surface area contributed by atoms with Gasteiger partial charge in [-0.25, -0.2) is 4.98 Å². The molecule has 0 spiro atoms. The summed E-state index contributed by atoms with van der Waals surface area (Å²) in [6.45, 7) is 1.55. The van der Waals surface area contributed by atoms with Gasteiger partial charge in [0.25, 0.3) is 0 Å². The molecule has 0 radical (unpaired) electrons. The fraction of sp³-hybridized carbons (Fsp3) is 0.400. The Balaban J connectivity index is 2.08. The van der Waals surface area contributed by atoms with Gasteiger partial charge in [-0.3, -0.25) is 4.79 Å². The minimum absolute atomic E-state index is 0.0703. The Morgan fingerprint density at radius 1 is 1.69 bits per heavy atom. The zero-order valence-electron chi connectivity index (χ0n) is 7.49. The van der Waals surface area contributed by atoms with E-state index in [9.17, 15) is 4.79 Å². The van der Waals surface area contributed by atoms with Crippen LogP contribution in [0.5, 0.6) is 0 Å². The van der Waals surface area contributed by atoms with Gasteiger partial charge in [0.05, 0.1) is 10.7 Å². The average Bonchev–Trinajstić information content (AvgIpc) is 2.83. The summed E-state index contributed by atoms with van der Waals surface area (Å²) in [5.74, 6) is 0.783. The summed E-state index contributed by atoms with van der Waals surface area (Å²) in [6, 6.07) is 0. The fourth-order valence-electron chi connectivity index (χ4n) is 1.10. The third-order valence-corrected chi connectivity index (χ3v) is 2.98. The summed E-state index contributed by atoms with van der Waals surface area (Å²) in [5.41, 5.74) is 0.919. The van der Waals surface area contributed by atoms with Crippen molar-refractivity contribution in [3.63, 3.8) is 0 Å². The summed E-state index contributed by atoms with van der Waals surface area (Å²) in [5, 5.41) is 3.23. The number of ketones is 1. The number of thiazole rings is 1. The number of nitrogens with zero attached hydrogens (tertiary/aromatic N) is 1. The normalized spacial score (nSPS) is 16.7. The number of hydrogen-bond donors (Lipinski definition) is 0. The second-order valence-corrected chi connectivity index (χ2v) is 4.22. The maximum atomic E-state index is 10.7. The number of aromatic nitrogens is 1. The summed E-state index contributed by atoms with van der Waals surface area (Å²) in [6.07, 6.45) is 5.91. The molecule has 0 unspecified atom stereocenters. The number of allylic oxidation sites excluding steroid dienone is 1. The van der Waals surface area contributed by atoms with E-state index in [1.54, 1.807) is 30.4 Å². The van der Waals surface area contributed by atoms with E-state index in [1.807, 2.05) is 5.38 Å². The first-order valence-corrected chi connectivity index (χ1v) is 5.28. The van der Waals surface area contributed by atoms with E-state index < -0.39 is 0 Å². The number of rotatable bonds is 3. The Labute approximate surface area is 81.3 Å². The van der Waals surface area contributed by atoms with Crippen molar-refractivity contribution in [2.24, 2.45) is 0 Å². The Morgan fingerprint density at radius 2 is 2.46 bits per heavy atom. The largest absolute Gasteiger partial charge is 0.295 e. The molecule has 1 aliphatic rings. The highest BCUT2D eigenvalue weighted by atomic mass is 32.1. The van der Waals surface area contributed by atoms with Gasteiger partial charge < -0.3 is 0 Å². The smallest absolute Gasteiger partial charge is 0.152 e. The number of hydrogen-bond acceptors (Lipinski definition) is 3. The Bertz CT molecular complexity index is 350. The van der Waals surface area contributed by atoms with E-state index in [0.29, 0.717) is 5.92 Å². The first kappa shape index (κ1) is 8.63. The predicted octanol–water partition coefficient (Wildman–Crippen LogP) is 2.62. The van der Waals surface area contributed by atoms with Gasteiger partial charge in [-0.2, -0.15) is 0 Å². The predicted molar refractivity (Wildman–Crippen MR) is 53.8 cm³/mol. The zero-order chi connectivity index (χ0) is 9.26. The van der Waals surface area contributed by atoms with E-state index in [2.05, 4.69) is 4.98 Å². The van der Waals surface area contributed by atoms with Crippen molar-refractivity contribution in [3.05, 3.63) is 22.2 Å². The number of carbonyl (C=O) groups is 1. The molecule has 1 heterocycles. The molecule has 1 saturated carbocycles. The zero-order valence-corrected chi connectivity index (χ0v) is 8.30. The van der Waals surface area contributed by atoms with Gasteiger partial charge in [-0.1, -0.05) is 0 Å². The van der Waals surface area contributed by atoms with Gasteiger partial charge in [0, 0.05) is 11.3 Å². The SMILES string of the molecule is CC(=O)/C=C/c1csc(C2CC2)n1. The third-order valence-electron chi connectivity index (χ3n) is 1.96. The van der Waals surface area contributed by atoms with Crippen LogP contribution in [-0.2, 0) is 4.79 Å². The van der Waals surface area contributed by atoms with Gasteiger partial charge in [-0.15, -0.1) is 11.3 Å². The Kier molecular flexibility index (Phi) is 2.27. The van der Waals surface area contributed by atoms with Crippen molar-refractivity contribution in [2.45, 2.75) is 25.7 Å². The van der Waals surface area contributed by atoms with Crippen LogP contribution in [0.3, 0.4) is 0 Å². The molecule has 68 valence electrons. The van der Waals surface area contributed by atoms with E-state index in [-0.39, 0.29) is 5.78 Å². The molecular formula is C10H11NOS. The van der Waals surface area contributed by atoms with Gasteiger partial charge in [0.1, 0.15) is 0 Å². The first-order chi connectivity index (χ1) is 6.25. The van der Waals surface area contributed by atoms with Crippen LogP contribution in [0, 0.1) is 0 Å². The Morgan fingerprint density at radius 3 is 3.08 bits per heavy atom. The van der Waals surface area contributed by atoms with Crippen LogP contribution >= 0.6 is 11.3 Å².